The van der Waals surface area contributed by atoms with Crippen molar-refractivity contribution in [3.63, 3.8) is 0 Å². The van der Waals surface area contributed by atoms with Gasteiger partial charge in [-0.05, 0) is 63.5 Å². The third kappa shape index (κ3) is 3.42. The van der Waals surface area contributed by atoms with Crippen molar-refractivity contribution in [2.75, 3.05) is 5.32 Å². The van der Waals surface area contributed by atoms with Crippen LogP contribution in [0.3, 0.4) is 0 Å². The van der Waals surface area contributed by atoms with Crippen LogP contribution in [0.5, 0.6) is 0 Å². The molecule has 150 valence electrons. The number of aryl methyl sites for hydroxylation is 2. The normalized spacial score (nSPS) is 17.3. The molecule has 2 heterocycles. The Hall–Kier alpha value is -1.97. The molecule has 0 saturated carbocycles. The van der Waals surface area contributed by atoms with Crippen LogP contribution in [0, 0.1) is 0 Å². The van der Waals surface area contributed by atoms with Crippen LogP contribution in [0.2, 0.25) is 5.02 Å². The molecule has 2 aromatic heterocycles. The van der Waals surface area contributed by atoms with Crippen molar-refractivity contribution < 1.29 is 9.00 Å². The van der Waals surface area contributed by atoms with Crippen molar-refractivity contribution in [1.29, 1.82) is 0 Å². The van der Waals surface area contributed by atoms with E-state index in [0.29, 0.717) is 0 Å². The highest BCUT2D eigenvalue weighted by Crippen LogP contribution is 2.36. The van der Waals surface area contributed by atoms with Gasteiger partial charge in [0, 0.05) is 23.6 Å². The van der Waals surface area contributed by atoms with Crippen LogP contribution < -0.4 is 10.5 Å². The summed E-state index contributed by atoms with van der Waals surface area (Å²) in [4.78, 5) is 17.4. The van der Waals surface area contributed by atoms with Gasteiger partial charge >= 0.3 is 6.03 Å². The number of nitrogens with two attached hydrogens (primary N) is 1. The molecular formula is C18H23ClN6O2S. The van der Waals surface area contributed by atoms with Crippen molar-refractivity contribution in [3.8, 4) is 0 Å². The predicted molar refractivity (Wildman–Crippen MR) is 108 cm³/mol. The molecule has 3 N–H and O–H groups in total. The number of halogens is 1. The maximum Gasteiger partial charge on any atom is 0.354 e. The van der Waals surface area contributed by atoms with Gasteiger partial charge in [-0.25, -0.2) is 14.1 Å². The molecule has 0 saturated heterocycles. The maximum absolute atomic E-state index is 12.9. The summed E-state index contributed by atoms with van der Waals surface area (Å²) in [5.74, 6) is 0. The Morgan fingerprint density at radius 3 is 2.39 bits per heavy atom. The summed E-state index contributed by atoms with van der Waals surface area (Å²) in [7, 11) is -3.57. The van der Waals surface area contributed by atoms with Crippen LogP contribution in [0.1, 0.15) is 55.2 Å². The Kier molecular flexibility index (Phi) is 4.93. The Labute approximate surface area is 169 Å². The van der Waals surface area contributed by atoms with Crippen LogP contribution in [0.15, 0.2) is 15.6 Å². The molecule has 2 aliphatic carbocycles. The van der Waals surface area contributed by atoms with E-state index in [1.165, 1.54) is 6.20 Å². The van der Waals surface area contributed by atoms with Gasteiger partial charge in [0.2, 0.25) is 0 Å². The largest absolute Gasteiger partial charge is 0.354 e. The fraction of sp³-hybridized carbons (Fsp3) is 0.500. The van der Waals surface area contributed by atoms with E-state index < -0.39 is 15.9 Å². The quantitative estimate of drug-likeness (QED) is 0.788. The zero-order chi connectivity index (χ0) is 20.1. The number of aromatic nitrogens is 3. The maximum atomic E-state index is 12.9. The van der Waals surface area contributed by atoms with Gasteiger partial charge in [-0.1, -0.05) is 11.6 Å². The highest BCUT2D eigenvalue weighted by atomic mass is 35.5. The molecule has 0 bridgehead atoms. The highest BCUT2D eigenvalue weighted by Gasteiger charge is 2.27. The van der Waals surface area contributed by atoms with Gasteiger partial charge in [-0.2, -0.15) is 5.10 Å². The molecule has 0 aliphatic heterocycles. The number of fused-ring (bicyclic) bond motifs is 2. The standard InChI is InChI=1S/C18H23ClN6O2S/c1-10(2)25-9-13(19)17(23-25)28(20,27)24-18(26)22-16-11-5-3-7-14(11)21-15-8-4-6-12(15)16/h9-10H,3-8H2,1-2H3,(H3,20,21,22,24,26,27)/t28-/m1/s1. The fourth-order valence-corrected chi connectivity index (χ4v) is 5.24. The fourth-order valence-electron chi connectivity index (χ4n) is 3.85. The summed E-state index contributed by atoms with van der Waals surface area (Å²) < 4.78 is 18.2. The van der Waals surface area contributed by atoms with E-state index in [4.69, 9.17) is 21.7 Å². The van der Waals surface area contributed by atoms with Gasteiger partial charge in [0.25, 0.3) is 0 Å². The highest BCUT2D eigenvalue weighted by molar-refractivity contribution is 7.91. The number of rotatable bonds is 3. The van der Waals surface area contributed by atoms with Gasteiger partial charge in [-0.15, -0.1) is 4.36 Å². The molecule has 2 aliphatic rings. The summed E-state index contributed by atoms with van der Waals surface area (Å²) in [6, 6.07) is -0.741. The number of amides is 2. The Balaban J connectivity index is 1.68. The number of anilines is 1. The third-order valence-electron chi connectivity index (χ3n) is 5.16. The van der Waals surface area contributed by atoms with E-state index in [2.05, 4.69) is 14.8 Å². The zero-order valence-electron chi connectivity index (χ0n) is 15.9. The molecule has 2 amide bonds. The van der Waals surface area contributed by atoms with Crippen molar-refractivity contribution in [2.45, 2.75) is 63.4 Å². The Morgan fingerprint density at radius 2 is 1.86 bits per heavy atom. The molecule has 0 radical (unpaired) electrons. The van der Waals surface area contributed by atoms with Gasteiger partial charge in [0.05, 0.1) is 10.7 Å². The van der Waals surface area contributed by atoms with Crippen molar-refractivity contribution >= 4 is 33.2 Å². The van der Waals surface area contributed by atoms with Gasteiger partial charge in [0.1, 0.15) is 0 Å². The van der Waals surface area contributed by atoms with Gasteiger partial charge < -0.3 is 5.32 Å². The van der Waals surface area contributed by atoms with Crippen LogP contribution >= 0.6 is 11.6 Å². The summed E-state index contributed by atoms with van der Waals surface area (Å²) >= 11 is 6.13. The van der Waals surface area contributed by atoms with Gasteiger partial charge in [-0.3, -0.25) is 9.67 Å². The molecule has 0 unspecified atom stereocenters. The first-order chi connectivity index (χ1) is 13.3. The second-order valence-electron chi connectivity index (χ2n) is 7.49. The third-order valence-corrected chi connectivity index (χ3v) is 6.85. The summed E-state index contributed by atoms with van der Waals surface area (Å²) in [5, 5.41) is 12.9. The van der Waals surface area contributed by atoms with Crippen molar-refractivity contribution in [1.82, 2.24) is 14.8 Å². The van der Waals surface area contributed by atoms with Gasteiger partial charge in [0.15, 0.2) is 14.9 Å². The number of hydrogen-bond acceptors (Lipinski definition) is 4. The van der Waals surface area contributed by atoms with Crippen LogP contribution in [0.4, 0.5) is 10.5 Å². The summed E-state index contributed by atoms with van der Waals surface area (Å²) in [5.41, 5.74) is 4.99. The molecule has 2 aromatic rings. The van der Waals surface area contributed by atoms with E-state index in [1.807, 2.05) is 13.8 Å². The predicted octanol–water partition coefficient (Wildman–Crippen LogP) is 3.42. The van der Waals surface area contributed by atoms with Crippen molar-refractivity contribution in [2.24, 2.45) is 9.50 Å². The average Bonchev–Trinajstić information content (AvgIpc) is 3.32. The number of nitrogens with one attached hydrogen (secondary N) is 1. The van der Waals surface area contributed by atoms with E-state index in [9.17, 15) is 9.00 Å². The molecule has 0 fully saturated rings. The molecule has 4 rings (SSSR count). The molecule has 10 heteroatoms. The molecule has 8 nitrogen and oxygen atoms in total. The van der Waals surface area contributed by atoms with Crippen LogP contribution in [0.25, 0.3) is 0 Å². The first-order valence-corrected chi connectivity index (χ1v) is 11.4. The van der Waals surface area contributed by atoms with E-state index >= 15 is 0 Å². The Morgan fingerprint density at radius 1 is 1.25 bits per heavy atom. The van der Waals surface area contributed by atoms with Crippen LogP contribution in [-0.2, 0) is 35.6 Å². The Bertz CT molecular complexity index is 1050. The van der Waals surface area contributed by atoms with Crippen molar-refractivity contribution in [3.05, 3.63) is 33.7 Å². The number of hydrogen-bond donors (Lipinski definition) is 2. The second-order valence-corrected chi connectivity index (χ2v) is 9.60. The molecule has 0 aromatic carbocycles. The monoisotopic (exact) mass is 422 g/mol. The number of pyridine rings is 1. The smallest absolute Gasteiger partial charge is 0.305 e. The van der Waals surface area contributed by atoms with E-state index in [-0.39, 0.29) is 16.1 Å². The zero-order valence-corrected chi connectivity index (χ0v) is 17.4. The average molecular weight is 423 g/mol. The SMILES string of the molecule is CC(C)n1cc(Cl)c([S@](N)(=O)=NC(=O)Nc2c3c(nc4c2CCC4)CCC3)n1. The van der Waals surface area contributed by atoms with E-state index in [1.54, 1.807) is 4.68 Å². The first kappa shape index (κ1) is 19.4. The molecular weight excluding hydrogens is 400 g/mol. The minimum Gasteiger partial charge on any atom is -0.305 e. The number of nitrogens with zero attached hydrogens (tertiary/aromatic N) is 4. The molecule has 28 heavy (non-hydrogen) atoms. The number of carbonyl (C=O) groups is 1. The lowest BCUT2D eigenvalue weighted by Crippen LogP contribution is -2.20. The topological polar surface area (TPSA) is 115 Å². The van der Waals surface area contributed by atoms with E-state index in [0.717, 1.165) is 66.7 Å². The summed E-state index contributed by atoms with van der Waals surface area (Å²) in [6.07, 6.45) is 7.13. The molecule has 1 atom stereocenters. The lowest BCUT2D eigenvalue weighted by molar-refractivity contribution is 0.260. The first-order valence-electron chi connectivity index (χ1n) is 9.40. The molecule has 0 spiro atoms. The number of urea groups is 1. The minimum atomic E-state index is -3.57. The second kappa shape index (κ2) is 7.13. The lowest BCUT2D eigenvalue weighted by atomic mass is 10.1. The van der Waals surface area contributed by atoms with Crippen LogP contribution in [-0.4, -0.2) is 25.0 Å². The minimum absolute atomic E-state index is 0.0114. The lowest BCUT2D eigenvalue weighted by Gasteiger charge is -2.14. The number of carbonyl (C=O) groups excluding carboxylic acids is 1. The summed E-state index contributed by atoms with van der Waals surface area (Å²) in [6.45, 7) is 3.81.